The molecule has 0 saturated carbocycles. The van der Waals surface area contributed by atoms with Gasteiger partial charge >= 0.3 is 5.96 Å². The van der Waals surface area contributed by atoms with Crippen molar-refractivity contribution in [3.63, 3.8) is 0 Å². The van der Waals surface area contributed by atoms with Crippen molar-refractivity contribution >= 4 is 38.4 Å². The number of anilines is 1. The number of aromatic nitrogens is 1. The number of fused-ring (bicyclic) bond motifs is 2. The number of guanidine groups is 1. The second kappa shape index (κ2) is 7.06. The van der Waals surface area contributed by atoms with Gasteiger partial charge in [-0.3, -0.25) is 9.79 Å². The topological polar surface area (TPSA) is 68.0 Å². The Bertz CT molecular complexity index is 1170. The fourth-order valence-corrected chi connectivity index (χ4v) is 5.30. The maximum absolute atomic E-state index is 13.1. The second-order valence-electron chi connectivity index (χ2n) is 8.86. The van der Waals surface area contributed by atoms with Gasteiger partial charge in [-0.05, 0) is 36.1 Å². The molecule has 1 aromatic heterocycles. The lowest BCUT2D eigenvalue weighted by Gasteiger charge is -2.36. The van der Waals surface area contributed by atoms with Gasteiger partial charge in [0.1, 0.15) is 17.7 Å². The van der Waals surface area contributed by atoms with Gasteiger partial charge in [-0.1, -0.05) is 67.1 Å². The van der Waals surface area contributed by atoms with Gasteiger partial charge in [0.2, 0.25) is 0 Å². The molecule has 3 aromatic rings. The number of rotatable bonds is 2. The average molecular weight is 418 g/mol. The van der Waals surface area contributed by atoms with Crippen molar-refractivity contribution in [2.45, 2.75) is 33.2 Å². The summed E-state index contributed by atoms with van der Waals surface area (Å²) >= 11 is 1.61. The number of nitrogens with one attached hydrogen (secondary N) is 3. The fourth-order valence-electron chi connectivity index (χ4n) is 4.43. The molecule has 152 valence electrons. The van der Waals surface area contributed by atoms with E-state index in [0.29, 0.717) is 6.42 Å². The monoisotopic (exact) mass is 417 g/mol. The molecular weight excluding hydrogens is 392 g/mol. The van der Waals surface area contributed by atoms with E-state index in [1.54, 1.807) is 11.3 Å². The van der Waals surface area contributed by atoms with Crippen molar-refractivity contribution < 1.29 is 9.79 Å². The summed E-state index contributed by atoms with van der Waals surface area (Å²) in [6.07, 6.45) is 2.76. The Morgan fingerprint density at radius 3 is 2.83 bits per heavy atom. The van der Waals surface area contributed by atoms with E-state index < -0.39 is 0 Å². The molecule has 2 aliphatic rings. The van der Waals surface area contributed by atoms with Crippen molar-refractivity contribution in [2.75, 3.05) is 5.32 Å². The molecule has 0 saturated heterocycles. The minimum Gasteiger partial charge on any atom is -0.299 e. The van der Waals surface area contributed by atoms with Crippen LogP contribution in [0.1, 0.15) is 37.4 Å². The summed E-state index contributed by atoms with van der Waals surface area (Å²) in [6.45, 7) is 6.30. The molecule has 2 aromatic carbocycles. The molecule has 5 rings (SSSR count). The van der Waals surface area contributed by atoms with E-state index in [4.69, 9.17) is 0 Å². The molecule has 2 atom stereocenters. The Kier molecular flexibility index (Phi) is 4.47. The molecule has 1 aliphatic carbocycles. The number of nitrogens with zero attached hydrogens (tertiary/aromatic N) is 1. The highest BCUT2D eigenvalue weighted by Crippen LogP contribution is 2.38. The van der Waals surface area contributed by atoms with Gasteiger partial charge in [0.05, 0.1) is 15.9 Å². The Morgan fingerprint density at radius 1 is 1.20 bits per heavy atom. The quantitative estimate of drug-likeness (QED) is 0.599. The molecule has 0 amide bonds. The number of Topliss-reactive ketones (excluding diaryl/α,β-unsaturated/α-hetero) is 1. The van der Waals surface area contributed by atoms with Crippen LogP contribution in [0.25, 0.3) is 10.2 Å². The van der Waals surface area contributed by atoms with Crippen LogP contribution >= 0.6 is 11.3 Å². The van der Waals surface area contributed by atoms with Gasteiger partial charge in [-0.25, -0.2) is 15.6 Å². The van der Waals surface area contributed by atoms with Crippen molar-refractivity contribution in [3.8, 4) is 0 Å². The van der Waals surface area contributed by atoms with E-state index >= 15 is 0 Å². The third-order valence-electron chi connectivity index (χ3n) is 5.69. The molecule has 0 fully saturated rings. The van der Waals surface area contributed by atoms with E-state index in [-0.39, 0.29) is 23.2 Å². The van der Waals surface area contributed by atoms with Crippen molar-refractivity contribution in [1.82, 2.24) is 10.3 Å². The van der Waals surface area contributed by atoms with E-state index in [0.717, 1.165) is 32.6 Å². The summed E-state index contributed by atoms with van der Waals surface area (Å²) in [4.78, 5) is 21.4. The average Bonchev–Trinajstić information content (AvgIpc) is 3.08. The third-order valence-corrected chi connectivity index (χ3v) is 6.64. The number of ketones is 1. The molecule has 0 spiro atoms. The number of aryl methyl sites for hydroxylation is 1. The summed E-state index contributed by atoms with van der Waals surface area (Å²) in [5.41, 5.74) is 4.07. The number of carbonyl (C=O) groups excluding carboxylic acids is 1. The van der Waals surface area contributed by atoms with Crippen LogP contribution in [0.2, 0.25) is 0 Å². The summed E-state index contributed by atoms with van der Waals surface area (Å²) in [5.74, 6) is 0.803. The molecule has 2 heterocycles. The summed E-state index contributed by atoms with van der Waals surface area (Å²) in [5, 5.41) is 7.67. The van der Waals surface area contributed by atoms with Crippen LogP contribution in [0.4, 0.5) is 5.13 Å². The molecule has 30 heavy (non-hydrogen) atoms. The molecule has 0 bridgehead atoms. The van der Waals surface area contributed by atoms with Gasteiger partial charge in [0.15, 0.2) is 0 Å². The fraction of sp³-hybridized carbons (Fsp3) is 0.292. The zero-order chi connectivity index (χ0) is 20.9. The Labute approximate surface area is 179 Å². The van der Waals surface area contributed by atoms with Gasteiger partial charge in [-0.2, -0.15) is 0 Å². The highest BCUT2D eigenvalue weighted by Gasteiger charge is 2.45. The molecule has 0 radical (unpaired) electrons. The molecular formula is C24H25N4OS+. The summed E-state index contributed by atoms with van der Waals surface area (Å²) in [7, 11) is 0. The third kappa shape index (κ3) is 3.52. The Hall–Kier alpha value is -2.99. The van der Waals surface area contributed by atoms with Gasteiger partial charge in [0.25, 0.3) is 5.13 Å². The SMILES string of the molecule is Cc1cccc([C@H]2[NH+]=C(Nc3nc4ccccc4s3)NC3=CC(C)(C)CC(=O)[C@@H]32)c1. The lowest BCUT2D eigenvalue weighted by Crippen LogP contribution is -2.84. The van der Waals surface area contributed by atoms with E-state index in [1.807, 2.05) is 18.2 Å². The second-order valence-corrected chi connectivity index (χ2v) is 9.89. The van der Waals surface area contributed by atoms with Crippen LogP contribution in [0, 0.1) is 18.3 Å². The lowest BCUT2D eigenvalue weighted by molar-refractivity contribution is -0.522. The number of allylic oxidation sites excluding steroid dienone is 1. The highest BCUT2D eigenvalue weighted by molar-refractivity contribution is 7.22. The first-order valence-corrected chi connectivity index (χ1v) is 11.0. The predicted molar refractivity (Wildman–Crippen MR) is 121 cm³/mol. The van der Waals surface area contributed by atoms with Crippen LogP contribution in [0.5, 0.6) is 0 Å². The first-order valence-electron chi connectivity index (χ1n) is 10.2. The number of hydrogen-bond donors (Lipinski definition) is 3. The van der Waals surface area contributed by atoms with Crippen LogP contribution in [-0.2, 0) is 4.79 Å². The number of para-hydroxylation sites is 1. The van der Waals surface area contributed by atoms with Crippen LogP contribution < -0.4 is 15.6 Å². The van der Waals surface area contributed by atoms with E-state index in [2.05, 4.69) is 77.8 Å². The maximum Gasteiger partial charge on any atom is 0.355 e. The molecule has 5 nitrogen and oxygen atoms in total. The molecule has 0 unspecified atom stereocenters. The number of carbonyl (C=O) groups is 1. The normalized spacial score (nSPS) is 22.7. The van der Waals surface area contributed by atoms with E-state index in [1.165, 1.54) is 5.56 Å². The Morgan fingerprint density at radius 2 is 2.03 bits per heavy atom. The van der Waals surface area contributed by atoms with Gasteiger partial charge in [0, 0.05) is 6.42 Å². The minimum atomic E-state index is -0.222. The van der Waals surface area contributed by atoms with Gasteiger partial charge in [-0.15, -0.1) is 0 Å². The summed E-state index contributed by atoms with van der Waals surface area (Å²) < 4.78 is 1.14. The summed E-state index contributed by atoms with van der Waals surface area (Å²) in [6, 6.07) is 16.4. The van der Waals surface area contributed by atoms with E-state index in [9.17, 15) is 4.79 Å². The van der Waals surface area contributed by atoms with Crippen molar-refractivity contribution in [1.29, 1.82) is 0 Å². The smallest absolute Gasteiger partial charge is 0.299 e. The molecule has 3 N–H and O–H groups in total. The van der Waals surface area contributed by atoms with Crippen LogP contribution in [0.15, 0.2) is 60.3 Å². The molecule has 6 heteroatoms. The highest BCUT2D eigenvalue weighted by atomic mass is 32.1. The number of hydrogen-bond acceptors (Lipinski definition) is 5. The Balaban J connectivity index is 1.56. The van der Waals surface area contributed by atoms with Crippen molar-refractivity contribution in [2.24, 2.45) is 11.3 Å². The maximum atomic E-state index is 13.1. The predicted octanol–water partition coefficient (Wildman–Crippen LogP) is 3.30. The van der Waals surface area contributed by atoms with Crippen LogP contribution in [0.3, 0.4) is 0 Å². The number of thiazole rings is 1. The van der Waals surface area contributed by atoms with Crippen LogP contribution in [-0.4, -0.2) is 16.7 Å². The lowest BCUT2D eigenvalue weighted by atomic mass is 9.72. The number of benzene rings is 2. The first kappa shape index (κ1) is 19.0. The molecule has 1 aliphatic heterocycles. The minimum absolute atomic E-state index is 0.127. The van der Waals surface area contributed by atoms with Gasteiger partial charge < -0.3 is 0 Å². The zero-order valence-electron chi connectivity index (χ0n) is 17.3. The zero-order valence-corrected chi connectivity index (χ0v) is 18.1. The van der Waals surface area contributed by atoms with Crippen molar-refractivity contribution in [3.05, 3.63) is 71.4 Å². The first-order chi connectivity index (χ1) is 14.4. The standard InChI is InChI=1S/C24H24N4OS/c1-14-7-6-8-15(11-14)21-20-17(12-24(2,3)13-18(20)29)25-22(27-21)28-23-26-16-9-4-5-10-19(16)30-23/h4-12,20-21H,13H2,1-3H3,(H2,25,26,27,28)/p+1/t20-,21-/m1/s1. The largest absolute Gasteiger partial charge is 0.355 e.